The van der Waals surface area contributed by atoms with Crippen LogP contribution < -0.4 is 10.5 Å². The number of ether oxygens (including phenoxy) is 1. The Morgan fingerprint density at radius 3 is 2.52 bits per heavy atom. The van der Waals surface area contributed by atoms with Gasteiger partial charge in [0.1, 0.15) is 11.5 Å². The molecule has 0 fully saturated rings. The van der Waals surface area contributed by atoms with Crippen LogP contribution in [0.25, 0.3) is 0 Å². The van der Waals surface area contributed by atoms with Gasteiger partial charge < -0.3 is 21.0 Å². The summed E-state index contributed by atoms with van der Waals surface area (Å²) in [6.07, 6.45) is -4.72. The standard InChI is InChI=1S/C16H15F3N2O2/c17-16(18,19)23-11-5-3-4-10(8-11)13(20)9-14(21)12-6-1-2-7-15(12)22/h1-8,14,20,22H,9,21H2. The largest absolute Gasteiger partial charge is 0.573 e. The molecule has 1 unspecified atom stereocenters. The number of nitrogens with one attached hydrogen (secondary N) is 1. The van der Waals surface area contributed by atoms with Gasteiger partial charge in [0.05, 0.1) is 0 Å². The number of alkyl halides is 3. The highest BCUT2D eigenvalue weighted by atomic mass is 19.4. The van der Waals surface area contributed by atoms with Gasteiger partial charge in [-0.1, -0.05) is 30.3 Å². The molecule has 4 nitrogen and oxygen atoms in total. The fourth-order valence-corrected chi connectivity index (χ4v) is 2.13. The highest BCUT2D eigenvalue weighted by Gasteiger charge is 2.31. The average molecular weight is 324 g/mol. The van der Waals surface area contributed by atoms with Crippen LogP contribution in [0.1, 0.15) is 23.6 Å². The SMILES string of the molecule is N=C(CC(N)c1ccccc1O)c1cccc(OC(F)(F)F)c1. The Labute approximate surface area is 130 Å². The smallest absolute Gasteiger partial charge is 0.508 e. The Morgan fingerprint density at radius 1 is 1.17 bits per heavy atom. The number of para-hydroxylation sites is 1. The van der Waals surface area contributed by atoms with Crippen LogP contribution in [0.2, 0.25) is 0 Å². The zero-order chi connectivity index (χ0) is 17.0. The molecule has 0 saturated carbocycles. The maximum absolute atomic E-state index is 12.2. The summed E-state index contributed by atoms with van der Waals surface area (Å²) in [6, 6.07) is 11.0. The summed E-state index contributed by atoms with van der Waals surface area (Å²) in [5.41, 5.74) is 6.76. The zero-order valence-electron chi connectivity index (χ0n) is 12.0. The maximum atomic E-state index is 12.2. The van der Waals surface area contributed by atoms with E-state index in [1.54, 1.807) is 18.2 Å². The first kappa shape index (κ1) is 16.8. The number of hydrogen-bond donors (Lipinski definition) is 3. The van der Waals surface area contributed by atoms with Crippen LogP contribution in [0, 0.1) is 5.41 Å². The van der Waals surface area contributed by atoms with Crippen LogP contribution in [0.4, 0.5) is 13.2 Å². The van der Waals surface area contributed by atoms with E-state index in [4.69, 9.17) is 11.1 Å². The molecule has 0 aromatic heterocycles. The van der Waals surface area contributed by atoms with E-state index < -0.39 is 18.2 Å². The second-order valence-corrected chi connectivity index (χ2v) is 4.92. The van der Waals surface area contributed by atoms with Crippen molar-refractivity contribution in [1.29, 1.82) is 5.41 Å². The summed E-state index contributed by atoms with van der Waals surface area (Å²) >= 11 is 0. The molecule has 1 atom stereocenters. The predicted molar refractivity (Wildman–Crippen MR) is 79.6 cm³/mol. The third-order valence-corrected chi connectivity index (χ3v) is 3.18. The lowest BCUT2D eigenvalue weighted by molar-refractivity contribution is -0.274. The molecule has 122 valence electrons. The number of hydrogen-bond acceptors (Lipinski definition) is 4. The summed E-state index contributed by atoms with van der Waals surface area (Å²) < 4.78 is 40.5. The van der Waals surface area contributed by atoms with Gasteiger partial charge in [0, 0.05) is 23.7 Å². The molecule has 0 aliphatic carbocycles. The Hall–Kier alpha value is -2.54. The number of nitrogens with two attached hydrogens (primary N) is 1. The number of aromatic hydroxyl groups is 1. The molecule has 0 saturated heterocycles. The number of rotatable bonds is 5. The lowest BCUT2D eigenvalue weighted by atomic mass is 9.97. The molecule has 0 aliphatic heterocycles. The quantitative estimate of drug-likeness (QED) is 0.733. The Bertz CT molecular complexity index is 702. The molecule has 23 heavy (non-hydrogen) atoms. The van der Waals surface area contributed by atoms with Gasteiger partial charge in [0.15, 0.2) is 0 Å². The third kappa shape index (κ3) is 4.72. The molecule has 0 aliphatic rings. The van der Waals surface area contributed by atoms with Gasteiger partial charge >= 0.3 is 6.36 Å². The first-order valence-corrected chi connectivity index (χ1v) is 6.73. The monoisotopic (exact) mass is 324 g/mol. The number of halogens is 3. The van der Waals surface area contributed by atoms with E-state index in [0.29, 0.717) is 5.56 Å². The lowest BCUT2D eigenvalue weighted by Gasteiger charge is -2.15. The van der Waals surface area contributed by atoms with Crippen LogP contribution in [0.5, 0.6) is 11.5 Å². The van der Waals surface area contributed by atoms with Gasteiger partial charge in [0.2, 0.25) is 0 Å². The number of phenolic OH excluding ortho intramolecular Hbond substituents is 1. The van der Waals surface area contributed by atoms with E-state index in [1.807, 2.05) is 0 Å². The van der Waals surface area contributed by atoms with Crippen molar-refractivity contribution in [3.8, 4) is 11.5 Å². The van der Waals surface area contributed by atoms with E-state index in [1.165, 1.54) is 18.2 Å². The molecule has 2 aromatic rings. The van der Waals surface area contributed by atoms with Gasteiger partial charge in [-0.05, 0) is 23.8 Å². The third-order valence-electron chi connectivity index (χ3n) is 3.18. The second-order valence-electron chi connectivity index (χ2n) is 4.92. The van der Waals surface area contributed by atoms with Crippen LogP contribution in [-0.2, 0) is 0 Å². The Morgan fingerprint density at radius 2 is 1.87 bits per heavy atom. The molecular weight excluding hydrogens is 309 g/mol. The molecule has 2 aromatic carbocycles. The van der Waals surface area contributed by atoms with Gasteiger partial charge in [0.25, 0.3) is 0 Å². The van der Waals surface area contributed by atoms with Crippen LogP contribution in [0.3, 0.4) is 0 Å². The van der Waals surface area contributed by atoms with Gasteiger partial charge in [-0.15, -0.1) is 13.2 Å². The van der Waals surface area contributed by atoms with E-state index in [9.17, 15) is 18.3 Å². The van der Waals surface area contributed by atoms with Crippen molar-refractivity contribution < 1.29 is 23.0 Å². The molecule has 0 amide bonds. The zero-order valence-corrected chi connectivity index (χ0v) is 12.0. The van der Waals surface area contributed by atoms with Crippen molar-refractivity contribution in [2.75, 3.05) is 0 Å². The molecule has 0 heterocycles. The molecule has 0 bridgehead atoms. The lowest BCUT2D eigenvalue weighted by Crippen LogP contribution is -2.18. The summed E-state index contributed by atoms with van der Waals surface area (Å²) in [5, 5.41) is 17.7. The minimum atomic E-state index is -4.78. The fourth-order valence-electron chi connectivity index (χ4n) is 2.13. The van der Waals surface area contributed by atoms with Gasteiger partial charge in [-0.25, -0.2) is 0 Å². The average Bonchev–Trinajstić information content (AvgIpc) is 2.46. The molecule has 7 heteroatoms. The van der Waals surface area contributed by atoms with Crippen molar-refractivity contribution in [2.24, 2.45) is 5.73 Å². The van der Waals surface area contributed by atoms with Crippen molar-refractivity contribution in [3.63, 3.8) is 0 Å². The van der Waals surface area contributed by atoms with Crippen molar-refractivity contribution in [2.45, 2.75) is 18.8 Å². The van der Waals surface area contributed by atoms with Crippen molar-refractivity contribution in [3.05, 3.63) is 59.7 Å². The first-order chi connectivity index (χ1) is 10.8. The Balaban J connectivity index is 2.12. The minimum absolute atomic E-state index is 0.0157. The van der Waals surface area contributed by atoms with Crippen molar-refractivity contribution in [1.82, 2.24) is 0 Å². The molecule has 0 radical (unpaired) electrons. The molecular formula is C16H15F3N2O2. The molecule has 4 N–H and O–H groups in total. The summed E-state index contributed by atoms with van der Waals surface area (Å²) in [7, 11) is 0. The van der Waals surface area contributed by atoms with E-state index in [-0.39, 0.29) is 23.4 Å². The summed E-state index contributed by atoms with van der Waals surface area (Å²) in [5.74, 6) is -0.377. The van der Waals surface area contributed by atoms with E-state index >= 15 is 0 Å². The van der Waals surface area contributed by atoms with Crippen LogP contribution >= 0.6 is 0 Å². The first-order valence-electron chi connectivity index (χ1n) is 6.73. The number of benzene rings is 2. The molecule has 0 spiro atoms. The normalized spacial score (nSPS) is 12.7. The minimum Gasteiger partial charge on any atom is -0.508 e. The predicted octanol–water partition coefficient (Wildman–Crippen LogP) is 3.75. The maximum Gasteiger partial charge on any atom is 0.573 e. The summed E-state index contributed by atoms with van der Waals surface area (Å²) in [4.78, 5) is 0. The van der Waals surface area contributed by atoms with Gasteiger partial charge in [-0.3, -0.25) is 0 Å². The van der Waals surface area contributed by atoms with Crippen LogP contribution in [-0.4, -0.2) is 17.2 Å². The Kier molecular flexibility index (Phi) is 4.90. The topological polar surface area (TPSA) is 79.3 Å². The van der Waals surface area contributed by atoms with Crippen molar-refractivity contribution >= 4 is 5.71 Å². The van der Waals surface area contributed by atoms with E-state index in [2.05, 4.69) is 4.74 Å². The van der Waals surface area contributed by atoms with Gasteiger partial charge in [-0.2, -0.15) is 0 Å². The number of phenols is 1. The fraction of sp³-hybridized carbons (Fsp3) is 0.188. The highest BCUT2D eigenvalue weighted by molar-refractivity contribution is 5.99. The highest BCUT2D eigenvalue weighted by Crippen LogP contribution is 2.27. The summed E-state index contributed by atoms with van der Waals surface area (Å²) in [6.45, 7) is 0. The van der Waals surface area contributed by atoms with Crippen LogP contribution in [0.15, 0.2) is 48.5 Å². The molecule has 2 rings (SSSR count). The van der Waals surface area contributed by atoms with E-state index in [0.717, 1.165) is 12.1 Å². The second kappa shape index (κ2) is 6.70.